The van der Waals surface area contributed by atoms with E-state index in [2.05, 4.69) is 25.9 Å². The van der Waals surface area contributed by atoms with Crippen molar-refractivity contribution < 1.29 is 8.81 Å². The fourth-order valence-corrected chi connectivity index (χ4v) is 2.88. The second kappa shape index (κ2) is 6.81. The molecule has 4 rings (SSSR count). The third-order valence-corrected chi connectivity index (χ3v) is 4.43. The lowest BCUT2D eigenvalue weighted by atomic mass is 10.2. The Morgan fingerprint density at radius 1 is 1.00 bits per heavy atom. The van der Waals surface area contributed by atoms with Gasteiger partial charge in [-0.2, -0.15) is 4.98 Å². The van der Waals surface area contributed by atoms with Gasteiger partial charge < -0.3 is 4.42 Å². The number of H-pyrrole nitrogens is 1. The van der Waals surface area contributed by atoms with Gasteiger partial charge in [-0.3, -0.25) is 9.78 Å². The van der Waals surface area contributed by atoms with E-state index in [9.17, 15) is 14.0 Å². The van der Waals surface area contributed by atoms with Crippen LogP contribution in [0.4, 0.5) is 4.39 Å². The Morgan fingerprint density at radius 3 is 2.41 bits per heavy atom. The number of aromatic nitrogens is 3. The van der Waals surface area contributed by atoms with Gasteiger partial charge in [-0.05, 0) is 40.2 Å². The van der Waals surface area contributed by atoms with E-state index >= 15 is 0 Å². The Hall–Kier alpha value is -3.26. The molecule has 0 aliphatic carbocycles. The average Bonchev–Trinajstić information content (AvgIpc) is 3.11. The largest absolute Gasteiger partial charge is 0.434 e. The zero-order valence-electron chi connectivity index (χ0n) is 13.6. The van der Waals surface area contributed by atoms with Crippen molar-refractivity contribution in [2.75, 3.05) is 0 Å². The van der Waals surface area contributed by atoms with Crippen molar-refractivity contribution in [3.05, 3.63) is 91.9 Å². The summed E-state index contributed by atoms with van der Waals surface area (Å²) in [5.74, 6) is 0.395. The second-order valence-electron chi connectivity index (χ2n) is 5.65. The van der Waals surface area contributed by atoms with Crippen molar-refractivity contribution in [1.82, 2.24) is 14.5 Å². The first-order valence-corrected chi connectivity index (χ1v) is 8.66. The normalized spacial score (nSPS) is 10.9. The predicted octanol–water partition coefficient (Wildman–Crippen LogP) is 3.75. The molecule has 0 saturated heterocycles. The van der Waals surface area contributed by atoms with E-state index in [1.807, 2.05) is 30.3 Å². The van der Waals surface area contributed by atoms with Crippen molar-refractivity contribution in [2.45, 2.75) is 0 Å². The Labute approximate surface area is 160 Å². The van der Waals surface area contributed by atoms with Crippen LogP contribution in [-0.2, 0) is 0 Å². The van der Waals surface area contributed by atoms with Crippen LogP contribution in [0.25, 0.3) is 28.6 Å². The zero-order chi connectivity index (χ0) is 19.0. The number of halogens is 2. The highest BCUT2D eigenvalue weighted by Crippen LogP contribution is 2.31. The van der Waals surface area contributed by atoms with Crippen LogP contribution in [0.5, 0.6) is 0 Å². The molecule has 27 heavy (non-hydrogen) atoms. The number of nitrogens with one attached hydrogen (secondary N) is 1. The topological polar surface area (TPSA) is 80.9 Å². The molecule has 6 nitrogen and oxygen atoms in total. The molecule has 134 valence electrons. The number of rotatable bonds is 3. The summed E-state index contributed by atoms with van der Waals surface area (Å²) in [6.07, 6.45) is 1.33. The fourth-order valence-electron chi connectivity index (χ4n) is 2.57. The smallest absolute Gasteiger partial charge is 0.334 e. The van der Waals surface area contributed by atoms with Crippen molar-refractivity contribution in [3.8, 4) is 28.6 Å². The predicted molar refractivity (Wildman–Crippen MR) is 101 cm³/mol. The molecular weight excluding hydrogens is 417 g/mol. The second-order valence-corrected chi connectivity index (χ2v) is 6.51. The molecule has 1 N–H and O–H groups in total. The van der Waals surface area contributed by atoms with Crippen molar-refractivity contribution in [3.63, 3.8) is 0 Å². The molecule has 0 atom stereocenters. The maximum atomic E-state index is 13.2. The van der Waals surface area contributed by atoms with Crippen molar-refractivity contribution in [2.24, 2.45) is 0 Å². The lowest BCUT2D eigenvalue weighted by Crippen LogP contribution is -2.29. The molecule has 0 bridgehead atoms. The maximum Gasteiger partial charge on any atom is 0.334 e. The molecule has 0 aliphatic rings. The lowest BCUT2D eigenvalue weighted by Gasteiger charge is -2.04. The zero-order valence-corrected chi connectivity index (χ0v) is 15.2. The Bertz CT molecular complexity index is 1230. The van der Waals surface area contributed by atoms with Crippen LogP contribution < -0.4 is 11.2 Å². The van der Waals surface area contributed by atoms with Crippen LogP contribution in [0.15, 0.2) is 79.3 Å². The van der Waals surface area contributed by atoms with Crippen LogP contribution in [0.3, 0.4) is 0 Å². The number of hydrogen-bond acceptors (Lipinski definition) is 4. The SMILES string of the molecule is O=c1[nH]c(=O)n(-c2nc(-c3ccc(F)cc3)oc2-c2ccccc2)cc1Br. The minimum Gasteiger partial charge on any atom is -0.434 e. The van der Waals surface area contributed by atoms with Gasteiger partial charge in [0.15, 0.2) is 11.6 Å². The summed E-state index contributed by atoms with van der Waals surface area (Å²) < 4.78 is 20.5. The third-order valence-electron chi connectivity index (χ3n) is 3.86. The van der Waals surface area contributed by atoms with E-state index in [0.717, 1.165) is 0 Å². The number of benzene rings is 2. The highest BCUT2D eigenvalue weighted by molar-refractivity contribution is 9.10. The van der Waals surface area contributed by atoms with E-state index in [0.29, 0.717) is 16.9 Å². The Morgan fingerprint density at radius 2 is 1.70 bits per heavy atom. The van der Waals surface area contributed by atoms with Gasteiger partial charge in [0.25, 0.3) is 5.56 Å². The van der Waals surface area contributed by atoms with Crippen LogP contribution in [0.2, 0.25) is 0 Å². The molecule has 4 aromatic rings. The number of aromatic amines is 1. The Kier molecular flexibility index (Phi) is 4.33. The molecule has 0 aliphatic heterocycles. The third kappa shape index (κ3) is 3.26. The van der Waals surface area contributed by atoms with Gasteiger partial charge >= 0.3 is 5.69 Å². The van der Waals surface area contributed by atoms with E-state index in [4.69, 9.17) is 4.42 Å². The van der Waals surface area contributed by atoms with Gasteiger partial charge in [0.1, 0.15) is 5.82 Å². The first kappa shape index (κ1) is 17.2. The van der Waals surface area contributed by atoms with E-state index in [1.165, 1.54) is 35.0 Å². The first-order valence-electron chi connectivity index (χ1n) is 7.87. The molecule has 0 unspecified atom stereocenters. The van der Waals surface area contributed by atoms with Crippen LogP contribution in [0.1, 0.15) is 0 Å². The molecule has 0 amide bonds. The summed E-state index contributed by atoms with van der Waals surface area (Å²) in [4.78, 5) is 30.6. The minimum absolute atomic E-state index is 0.174. The van der Waals surface area contributed by atoms with E-state index in [1.54, 1.807) is 0 Å². The van der Waals surface area contributed by atoms with Gasteiger partial charge in [-0.15, -0.1) is 0 Å². The summed E-state index contributed by atoms with van der Waals surface area (Å²) in [5, 5.41) is 0. The molecular formula is C19H11BrFN3O3. The number of nitrogens with zero attached hydrogens (tertiary/aromatic N) is 2. The Balaban J connectivity index is 1.97. The summed E-state index contributed by atoms with van der Waals surface area (Å²) in [7, 11) is 0. The van der Waals surface area contributed by atoms with Gasteiger partial charge in [-0.1, -0.05) is 30.3 Å². The standard InChI is InChI=1S/C19H11BrFN3O3/c20-14-10-24(19(26)23-17(14)25)16-15(11-4-2-1-3-5-11)27-18(22-16)12-6-8-13(21)9-7-12/h1-10H,(H,23,25,26). The van der Waals surface area contributed by atoms with Crippen molar-refractivity contribution >= 4 is 15.9 Å². The van der Waals surface area contributed by atoms with Crippen LogP contribution in [-0.4, -0.2) is 14.5 Å². The lowest BCUT2D eigenvalue weighted by molar-refractivity contribution is 0.587. The quantitative estimate of drug-likeness (QED) is 0.539. The van der Waals surface area contributed by atoms with Crippen molar-refractivity contribution in [1.29, 1.82) is 0 Å². The van der Waals surface area contributed by atoms with E-state index < -0.39 is 11.2 Å². The van der Waals surface area contributed by atoms with Gasteiger partial charge in [0.05, 0.1) is 4.47 Å². The summed E-state index contributed by atoms with van der Waals surface area (Å²) in [5.41, 5.74) is 0.0538. The molecule has 2 aromatic carbocycles. The molecule has 8 heteroatoms. The molecule has 0 saturated carbocycles. The van der Waals surface area contributed by atoms with Gasteiger partial charge in [-0.25, -0.2) is 13.8 Å². The van der Waals surface area contributed by atoms with Gasteiger partial charge in [0.2, 0.25) is 5.89 Å². The van der Waals surface area contributed by atoms with Gasteiger partial charge in [0, 0.05) is 17.3 Å². The first-order chi connectivity index (χ1) is 13.0. The van der Waals surface area contributed by atoms with Crippen LogP contribution in [0, 0.1) is 5.82 Å². The summed E-state index contributed by atoms with van der Waals surface area (Å²) in [6.45, 7) is 0. The average molecular weight is 428 g/mol. The molecule has 0 fully saturated rings. The molecule has 0 radical (unpaired) electrons. The summed E-state index contributed by atoms with van der Waals surface area (Å²) >= 11 is 3.11. The number of hydrogen-bond donors (Lipinski definition) is 1. The molecule has 2 heterocycles. The minimum atomic E-state index is -0.653. The summed E-state index contributed by atoms with van der Waals surface area (Å²) in [6, 6.07) is 14.8. The molecule has 0 spiro atoms. The van der Waals surface area contributed by atoms with E-state index in [-0.39, 0.29) is 22.0 Å². The monoisotopic (exact) mass is 427 g/mol. The highest BCUT2D eigenvalue weighted by atomic mass is 79.9. The van der Waals surface area contributed by atoms with Crippen LogP contribution >= 0.6 is 15.9 Å². The fraction of sp³-hybridized carbons (Fsp3) is 0. The maximum absolute atomic E-state index is 13.2. The number of oxazole rings is 1. The molecule has 2 aromatic heterocycles. The highest BCUT2D eigenvalue weighted by Gasteiger charge is 2.20.